The largest absolute Gasteiger partial charge is 0.416 e. The molecule has 3 amide bonds. The Morgan fingerprint density at radius 3 is 2.54 bits per heavy atom. The molecule has 0 bridgehead atoms. The van der Waals surface area contributed by atoms with Crippen molar-refractivity contribution in [2.24, 2.45) is 11.8 Å². The molecule has 0 saturated carbocycles. The molecule has 0 radical (unpaired) electrons. The van der Waals surface area contributed by atoms with Crippen molar-refractivity contribution >= 4 is 11.9 Å². The summed E-state index contributed by atoms with van der Waals surface area (Å²) in [6.45, 7) is 7.20. The number of nitrogens with zero attached hydrogens (tertiary/aromatic N) is 1. The van der Waals surface area contributed by atoms with Gasteiger partial charge >= 0.3 is 12.2 Å². The third-order valence-corrected chi connectivity index (χ3v) is 4.93. The summed E-state index contributed by atoms with van der Waals surface area (Å²) in [6, 6.07) is 4.73. The number of halogens is 3. The highest BCUT2D eigenvalue weighted by Crippen LogP contribution is 2.36. The van der Waals surface area contributed by atoms with Gasteiger partial charge in [0.1, 0.15) is 0 Å². The van der Waals surface area contributed by atoms with Gasteiger partial charge in [-0.2, -0.15) is 13.2 Å². The van der Waals surface area contributed by atoms with Crippen LogP contribution in [0.25, 0.3) is 0 Å². The Balaban J connectivity index is 2.24. The number of hydrogen-bond donors (Lipinski definition) is 2. The molecule has 2 N–H and O–H groups in total. The second-order valence-electron chi connectivity index (χ2n) is 7.55. The van der Waals surface area contributed by atoms with Crippen LogP contribution in [0.5, 0.6) is 0 Å². The van der Waals surface area contributed by atoms with Crippen LogP contribution in [-0.4, -0.2) is 43.0 Å². The average Bonchev–Trinajstić information content (AvgIpc) is 3.06. The van der Waals surface area contributed by atoms with Crippen LogP contribution in [0.15, 0.2) is 24.3 Å². The maximum atomic E-state index is 13.1. The first-order valence-electron chi connectivity index (χ1n) is 9.61. The third-order valence-electron chi connectivity index (χ3n) is 4.93. The molecule has 156 valence electrons. The van der Waals surface area contributed by atoms with E-state index < -0.39 is 23.6 Å². The summed E-state index contributed by atoms with van der Waals surface area (Å²) in [6.07, 6.45) is -3.64. The molecule has 1 heterocycles. The molecule has 1 aliphatic rings. The van der Waals surface area contributed by atoms with Crippen LogP contribution in [0.3, 0.4) is 0 Å². The summed E-state index contributed by atoms with van der Waals surface area (Å²) in [4.78, 5) is 26.5. The fraction of sp³-hybridized carbons (Fsp3) is 0.600. The monoisotopic (exact) mass is 399 g/mol. The number of likely N-dealkylation sites (tertiary alicyclic amines) is 1. The zero-order chi connectivity index (χ0) is 20.9. The zero-order valence-corrected chi connectivity index (χ0v) is 16.5. The molecule has 0 aromatic heterocycles. The molecule has 5 nitrogen and oxygen atoms in total. The van der Waals surface area contributed by atoms with E-state index in [0.29, 0.717) is 24.6 Å². The fourth-order valence-electron chi connectivity index (χ4n) is 3.40. The van der Waals surface area contributed by atoms with E-state index in [1.165, 1.54) is 11.0 Å². The van der Waals surface area contributed by atoms with E-state index in [4.69, 9.17) is 0 Å². The molecule has 0 unspecified atom stereocenters. The van der Waals surface area contributed by atoms with Gasteiger partial charge in [-0.05, 0) is 30.9 Å². The van der Waals surface area contributed by atoms with Gasteiger partial charge in [-0.1, -0.05) is 32.0 Å². The molecule has 1 aliphatic heterocycles. The number of urea groups is 1. The summed E-state index contributed by atoms with van der Waals surface area (Å²) in [5.74, 6) is -0.868. The number of nitrogens with one attached hydrogen (secondary N) is 2. The van der Waals surface area contributed by atoms with Crippen LogP contribution in [0.2, 0.25) is 0 Å². The van der Waals surface area contributed by atoms with E-state index in [0.717, 1.165) is 18.6 Å². The van der Waals surface area contributed by atoms with Crippen LogP contribution >= 0.6 is 0 Å². The molecule has 1 aromatic carbocycles. The Morgan fingerprint density at radius 2 is 1.93 bits per heavy atom. The van der Waals surface area contributed by atoms with Crippen LogP contribution in [0.1, 0.15) is 44.2 Å². The molecule has 1 fully saturated rings. The minimum atomic E-state index is -4.46. The van der Waals surface area contributed by atoms with Crippen molar-refractivity contribution in [1.29, 1.82) is 0 Å². The van der Waals surface area contributed by atoms with E-state index in [2.05, 4.69) is 10.6 Å². The second kappa shape index (κ2) is 9.30. The Bertz CT molecular complexity index is 692. The predicted octanol–water partition coefficient (Wildman–Crippen LogP) is 3.61. The highest BCUT2D eigenvalue weighted by Gasteiger charge is 2.41. The second-order valence-corrected chi connectivity index (χ2v) is 7.55. The van der Waals surface area contributed by atoms with Gasteiger partial charge in [0.25, 0.3) is 0 Å². The number of amides is 3. The van der Waals surface area contributed by atoms with Gasteiger partial charge in [0, 0.05) is 32.1 Å². The van der Waals surface area contributed by atoms with Gasteiger partial charge in [-0.3, -0.25) is 4.79 Å². The molecule has 28 heavy (non-hydrogen) atoms. The average molecular weight is 399 g/mol. The normalized spacial score (nSPS) is 19.8. The number of carbonyl (C=O) groups is 2. The van der Waals surface area contributed by atoms with E-state index in [9.17, 15) is 22.8 Å². The molecule has 8 heteroatoms. The van der Waals surface area contributed by atoms with Crippen molar-refractivity contribution < 1.29 is 22.8 Å². The first-order valence-corrected chi connectivity index (χ1v) is 9.61. The Kier molecular flexibility index (Phi) is 7.32. The van der Waals surface area contributed by atoms with Crippen LogP contribution < -0.4 is 10.6 Å². The molecule has 1 aromatic rings. The lowest BCUT2D eigenvalue weighted by Gasteiger charge is -2.19. The molecule has 1 saturated heterocycles. The summed E-state index contributed by atoms with van der Waals surface area (Å²) < 4.78 is 39.3. The lowest BCUT2D eigenvalue weighted by Crippen LogP contribution is -2.40. The quantitative estimate of drug-likeness (QED) is 0.768. The standard InChI is InChI=1S/C20H28F3N3O2/c1-4-24-19(28)26-11-16(14-6-5-7-15(10-14)20(21,22)23)17(12-26)18(27)25-9-8-13(2)3/h5-7,10,13,16-17H,4,8-9,11-12H2,1-3H3,(H,24,28)(H,25,27)/t16-,17+/m1/s1. The van der Waals surface area contributed by atoms with Gasteiger partial charge in [0.2, 0.25) is 5.91 Å². The Labute approximate surface area is 163 Å². The maximum absolute atomic E-state index is 13.1. The van der Waals surface area contributed by atoms with E-state index >= 15 is 0 Å². The summed E-state index contributed by atoms with van der Waals surface area (Å²) in [7, 11) is 0. The van der Waals surface area contributed by atoms with Crippen molar-refractivity contribution in [3.8, 4) is 0 Å². The van der Waals surface area contributed by atoms with Crippen LogP contribution in [0, 0.1) is 11.8 Å². The van der Waals surface area contributed by atoms with Crippen molar-refractivity contribution in [3.05, 3.63) is 35.4 Å². The highest BCUT2D eigenvalue weighted by molar-refractivity contribution is 5.83. The SMILES string of the molecule is CCNC(=O)N1C[C@H](C(=O)NCCC(C)C)[C@@H](c2cccc(C(F)(F)F)c2)C1. The lowest BCUT2D eigenvalue weighted by molar-refractivity contribution is -0.137. The van der Waals surface area contributed by atoms with E-state index in [1.54, 1.807) is 13.0 Å². The minimum absolute atomic E-state index is 0.181. The van der Waals surface area contributed by atoms with Crippen molar-refractivity contribution in [3.63, 3.8) is 0 Å². The molecule has 0 aliphatic carbocycles. The van der Waals surface area contributed by atoms with Crippen molar-refractivity contribution in [2.75, 3.05) is 26.2 Å². The van der Waals surface area contributed by atoms with E-state index in [-0.39, 0.29) is 25.0 Å². The zero-order valence-electron chi connectivity index (χ0n) is 16.5. The first-order chi connectivity index (χ1) is 13.1. The van der Waals surface area contributed by atoms with Gasteiger partial charge in [-0.15, -0.1) is 0 Å². The Hall–Kier alpha value is -2.25. The lowest BCUT2D eigenvalue weighted by atomic mass is 9.87. The molecule has 2 atom stereocenters. The van der Waals surface area contributed by atoms with Crippen LogP contribution in [-0.2, 0) is 11.0 Å². The van der Waals surface area contributed by atoms with Crippen LogP contribution in [0.4, 0.5) is 18.0 Å². The number of hydrogen-bond acceptors (Lipinski definition) is 2. The smallest absolute Gasteiger partial charge is 0.356 e. The number of benzene rings is 1. The minimum Gasteiger partial charge on any atom is -0.356 e. The summed E-state index contributed by atoms with van der Waals surface area (Å²) in [5.41, 5.74) is -0.328. The number of rotatable bonds is 6. The first kappa shape index (κ1) is 22.0. The molecule has 0 spiro atoms. The summed E-state index contributed by atoms with van der Waals surface area (Å²) in [5, 5.41) is 5.56. The van der Waals surface area contributed by atoms with Crippen molar-refractivity contribution in [2.45, 2.75) is 39.3 Å². The van der Waals surface area contributed by atoms with Gasteiger partial charge in [-0.25, -0.2) is 4.79 Å². The predicted molar refractivity (Wildman–Crippen MR) is 101 cm³/mol. The topological polar surface area (TPSA) is 61.4 Å². The van der Waals surface area contributed by atoms with Gasteiger partial charge < -0.3 is 15.5 Å². The van der Waals surface area contributed by atoms with Gasteiger partial charge in [0.05, 0.1) is 11.5 Å². The molecular formula is C20H28F3N3O2. The van der Waals surface area contributed by atoms with Gasteiger partial charge in [0.15, 0.2) is 0 Å². The third kappa shape index (κ3) is 5.62. The molecule has 2 rings (SSSR count). The maximum Gasteiger partial charge on any atom is 0.416 e. The highest BCUT2D eigenvalue weighted by atomic mass is 19.4. The fourth-order valence-corrected chi connectivity index (χ4v) is 3.40. The molecular weight excluding hydrogens is 371 g/mol. The number of carbonyl (C=O) groups excluding carboxylic acids is 2. The summed E-state index contributed by atoms with van der Waals surface area (Å²) >= 11 is 0. The Morgan fingerprint density at radius 1 is 1.21 bits per heavy atom. The van der Waals surface area contributed by atoms with Crippen molar-refractivity contribution in [1.82, 2.24) is 15.5 Å². The number of alkyl halides is 3. The van der Waals surface area contributed by atoms with E-state index in [1.807, 2.05) is 13.8 Å².